The van der Waals surface area contributed by atoms with Crippen LogP contribution in [0.2, 0.25) is 0 Å². The number of non-ortho nitro benzene ring substituents is 2. The Balaban J connectivity index is 1.38. The van der Waals surface area contributed by atoms with Gasteiger partial charge in [-0.2, -0.15) is 4.58 Å². The Bertz CT molecular complexity index is 2170. The third-order valence-electron chi connectivity index (χ3n) is 11.0. The number of unbranched alkanes of at least 4 members (excludes halogenated alkanes) is 2. The molecule has 0 bridgehead atoms. The zero-order chi connectivity index (χ0) is 40.0. The van der Waals surface area contributed by atoms with Crippen molar-refractivity contribution in [3.8, 4) is 11.5 Å². The van der Waals surface area contributed by atoms with E-state index in [1.165, 1.54) is 12.1 Å². The zero-order valence-corrected chi connectivity index (χ0v) is 31.7. The summed E-state index contributed by atoms with van der Waals surface area (Å²) in [4.78, 5) is 49.1. The molecule has 6 rings (SSSR count). The van der Waals surface area contributed by atoms with Crippen molar-refractivity contribution in [3.05, 3.63) is 115 Å². The molecule has 0 saturated heterocycles. The number of ketones is 1. The number of fused-ring (bicyclic) bond motifs is 2. The molecule has 0 amide bonds. The van der Waals surface area contributed by atoms with E-state index in [1.54, 1.807) is 32.4 Å². The van der Waals surface area contributed by atoms with Crippen LogP contribution >= 0.6 is 0 Å². The number of carboxylic acids is 1. The van der Waals surface area contributed by atoms with Gasteiger partial charge < -0.3 is 24.6 Å². The Hall–Kier alpha value is -5.89. The van der Waals surface area contributed by atoms with Crippen LogP contribution in [0.5, 0.6) is 11.5 Å². The highest BCUT2D eigenvalue weighted by atomic mass is 16.6. The molecule has 2 atom stereocenters. The number of rotatable bonds is 14. The number of carboxylic acid groups (broad SMARTS) is 1. The Morgan fingerprint density at radius 1 is 0.891 bits per heavy atom. The van der Waals surface area contributed by atoms with Crippen molar-refractivity contribution in [2.75, 3.05) is 25.7 Å². The van der Waals surface area contributed by atoms with Gasteiger partial charge in [-0.05, 0) is 73.7 Å². The van der Waals surface area contributed by atoms with Crippen molar-refractivity contribution < 1.29 is 43.7 Å². The maximum Gasteiger partial charge on any atom is 0.303 e. The predicted molar refractivity (Wildman–Crippen MR) is 202 cm³/mol. The average Bonchev–Trinajstić information content (AvgIpc) is 3.48. The van der Waals surface area contributed by atoms with E-state index >= 15 is 0 Å². The fourth-order valence-corrected chi connectivity index (χ4v) is 8.00. The van der Waals surface area contributed by atoms with Gasteiger partial charge in [-0.15, -0.1) is 0 Å². The molecule has 0 spiro atoms. The number of nitro groups is 2. The second-order valence-corrected chi connectivity index (χ2v) is 15.2. The highest BCUT2D eigenvalue weighted by molar-refractivity contribution is 6.14. The van der Waals surface area contributed by atoms with E-state index in [2.05, 4.69) is 4.58 Å². The molecule has 2 heterocycles. The van der Waals surface area contributed by atoms with Crippen molar-refractivity contribution in [2.45, 2.75) is 76.9 Å². The summed E-state index contributed by atoms with van der Waals surface area (Å²) in [5.41, 5.74) is 3.13. The molecule has 2 aliphatic heterocycles. The molecular formula is C41H44N4O10. The fourth-order valence-electron chi connectivity index (χ4n) is 8.00. The third-order valence-corrected chi connectivity index (χ3v) is 11.0. The van der Waals surface area contributed by atoms with Gasteiger partial charge in [0.1, 0.15) is 18.0 Å². The van der Waals surface area contributed by atoms with E-state index in [-0.39, 0.29) is 24.3 Å². The molecule has 14 nitrogen and oxygen atoms in total. The molecule has 3 aromatic carbocycles. The summed E-state index contributed by atoms with van der Waals surface area (Å²) < 4.78 is 13.1. The topological polar surface area (TPSA) is 188 Å². The van der Waals surface area contributed by atoms with Crippen molar-refractivity contribution >= 4 is 40.2 Å². The van der Waals surface area contributed by atoms with Crippen molar-refractivity contribution in [3.63, 3.8) is 0 Å². The maximum atomic E-state index is 14.1. The Morgan fingerprint density at radius 3 is 2.09 bits per heavy atom. The first kappa shape index (κ1) is 38.8. The molecule has 1 fully saturated rings. The summed E-state index contributed by atoms with van der Waals surface area (Å²) in [6.45, 7) is 8.53. The summed E-state index contributed by atoms with van der Waals surface area (Å²) >= 11 is 0. The lowest BCUT2D eigenvalue weighted by Crippen LogP contribution is -2.53. The predicted octanol–water partition coefficient (Wildman–Crippen LogP) is 6.28. The number of ether oxygens (including phenoxy) is 2. The first-order chi connectivity index (χ1) is 26.0. The SMILES string of the molecule is COc1ccc2c(c1)C(C)(C)C(=CC1C(=O)C(=CC3=[N+](CCCCCC(=O)O)c4ccc(OC)cc4C3(C)C)C1[O-])N2Cc1cc([N+](=O)[O-])cc([N+](=O)[O-])c1. The van der Waals surface area contributed by atoms with Crippen LogP contribution in [0.15, 0.2) is 78.0 Å². The zero-order valence-electron chi connectivity index (χ0n) is 31.7. The number of hydrogen-bond acceptors (Lipinski definition) is 10. The Labute approximate surface area is 318 Å². The second-order valence-electron chi connectivity index (χ2n) is 15.2. The van der Waals surface area contributed by atoms with Crippen molar-refractivity contribution in [1.29, 1.82) is 0 Å². The summed E-state index contributed by atoms with van der Waals surface area (Å²) in [5, 5.41) is 46.7. The molecule has 55 heavy (non-hydrogen) atoms. The highest BCUT2D eigenvalue weighted by Crippen LogP contribution is 2.51. The largest absolute Gasteiger partial charge is 0.848 e. The molecule has 3 aliphatic rings. The normalized spacial score (nSPS) is 20.7. The monoisotopic (exact) mass is 752 g/mol. The number of hydrogen-bond donors (Lipinski definition) is 1. The quantitative estimate of drug-likeness (QED) is 0.0642. The first-order valence-corrected chi connectivity index (χ1v) is 18.1. The number of benzene rings is 3. The van der Waals surface area contributed by atoms with Crippen LogP contribution in [0.1, 0.15) is 70.1 Å². The second kappa shape index (κ2) is 14.7. The first-order valence-electron chi connectivity index (χ1n) is 18.1. The number of anilines is 1. The van der Waals surface area contributed by atoms with E-state index in [4.69, 9.17) is 14.6 Å². The fraction of sp³-hybridized carbons (Fsp3) is 0.390. The van der Waals surface area contributed by atoms with Crippen LogP contribution in [0, 0.1) is 26.1 Å². The van der Waals surface area contributed by atoms with Gasteiger partial charge in [0, 0.05) is 71.9 Å². The van der Waals surface area contributed by atoms with E-state index in [9.17, 15) is 34.9 Å². The average molecular weight is 753 g/mol. The van der Waals surface area contributed by atoms with E-state index in [0.29, 0.717) is 54.3 Å². The van der Waals surface area contributed by atoms with Crippen LogP contribution in [0.3, 0.4) is 0 Å². The minimum atomic E-state index is -1.39. The van der Waals surface area contributed by atoms with E-state index in [0.717, 1.165) is 28.6 Å². The van der Waals surface area contributed by atoms with Gasteiger partial charge in [-0.25, -0.2) is 0 Å². The highest BCUT2D eigenvalue weighted by Gasteiger charge is 2.48. The maximum absolute atomic E-state index is 14.1. The van der Waals surface area contributed by atoms with Gasteiger partial charge in [-0.3, -0.25) is 29.8 Å². The van der Waals surface area contributed by atoms with Crippen molar-refractivity contribution in [2.24, 2.45) is 5.92 Å². The van der Waals surface area contributed by atoms with Crippen LogP contribution < -0.4 is 19.5 Å². The van der Waals surface area contributed by atoms with Crippen LogP contribution in [-0.4, -0.2) is 63.9 Å². The van der Waals surface area contributed by atoms with Crippen LogP contribution in [0.25, 0.3) is 0 Å². The van der Waals surface area contributed by atoms with Crippen LogP contribution in [0.4, 0.5) is 22.7 Å². The smallest absolute Gasteiger partial charge is 0.303 e. The van der Waals surface area contributed by atoms with Crippen molar-refractivity contribution in [1.82, 2.24) is 0 Å². The molecule has 1 saturated carbocycles. The molecule has 0 aromatic heterocycles. The number of allylic oxidation sites excluding steroid dienone is 2. The molecule has 3 aromatic rings. The Kier molecular flexibility index (Phi) is 10.4. The number of aliphatic carboxylic acids is 1. The minimum Gasteiger partial charge on any atom is -0.848 e. The molecule has 14 heteroatoms. The number of nitro benzene ring substituents is 2. The lowest BCUT2D eigenvalue weighted by Gasteiger charge is -2.43. The number of carbonyl (C=O) groups is 2. The summed E-state index contributed by atoms with van der Waals surface area (Å²) in [7, 11) is 3.14. The molecule has 2 unspecified atom stereocenters. The Morgan fingerprint density at radius 2 is 1.51 bits per heavy atom. The van der Waals surface area contributed by atoms with Gasteiger partial charge >= 0.3 is 5.97 Å². The third kappa shape index (κ3) is 7.09. The minimum absolute atomic E-state index is 0.000492. The van der Waals surface area contributed by atoms with Gasteiger partial charge in [-0.1, -0.05) is 26.0 Å². The summed E-state index contributed by atoms with van der Waals surface area (Å²) in [6.07, 6.45) is 4.03. The number of methoxy groups -OCH3 is 2. The molecule has 288 valence electrons. The number of Topliss-reactive ketones (excluding diaryl/α,β-unsaturated/α-hetero) is 1. The van der Waals surface area contributed by atoms with Crippen LogP contribution in [-0.2, 0) is 27.0 Å². The lowest BCUT2D eigenvalue weighted by molar-refractivity contribution is -0.438. The number of carbonyl (C=O) groups excluding carboxylic acids is 1. The molecule has 1 aliphatic carbocycles. The molecule has 1 N–H and O–H groups in total. The summed E-state index contributed by atoms with van der Waals surface area (Å²) in [6, 6.07) is 14.7. The van der Waals surface area contributed by atoms with Gasteiger partial charge in [0.15, 0.2) is 11.5 Å². The van der Waals surface area contributed by atoms with E-state index < -0.39 is 50.0 Å². The molecular weight excluding hydrogens is 708 g/mol. The summed E-state index contributed by atoms with van der Waals surface area (Å²) in [5.74, 6) is -0.909. The molecule has 0 radical (unpaired) electrons. The van der Waals surface area contributed by atoms with Gasteiger partial charge in [0.25, 0.3) is 11.4 Å². The lowest BCUT2D eigenvalue weighted by atomic mass is 9.71. The van der Waals surface area contributed by atoms with Gasteiger partial charge in [0.2, 0.25) is 5.69 Å². The standard InChI is InChI=1S/C41H44N4O10/c1-40(2)31-19-27(54-5)11-13-33(31)42(15-9-7-8-10-37(46)47)35(40)21-29-38(48)30(39(29)49)22-36-41(3,4)32-20-28(55-6)12-14-34(32)43(36)23-24-16-25(44(50)51)18-26(17-24)45(52)53/h11-14,16-22,30,38H,7-10,15,23H2,1-6H3,(H,46,47). The van der Waals surface area contributed by atoms with Gasteiger partial charge in [0.05, 0.1) is 35.5 Å². The number of nitrogens with zero attached hydrogens (tertiary/aromatic N) is 4. The van der Waals surface area contributed by atoms with E-state index in [1.807, 2.05) is 62.9 Å².